The van der Waals surface area contributed by atoms with E-state index in [1.807, 2.05) is 12.3 Å². The molecule has 0 spiro atoms. The van der Waals surface area contributed by atoms with Crippen LogP contribution in [-0.4, -0.2) is 0 Å². The number of furan rings is 2. The summed E-state index contributed by atoms with van der Waals surface area (Å²) in [7, 11) is 0. The molecule has 18 heavy (non-hydrogen) atoms. The van der Waals surface area contributed by atoms with E-state index in [0.717, 1.165) is 17.9 Å². The Morgan fingerprint density at radius 1 is 1.00 bits per heavy atom. The van der Waals surface area contributed by atoms with E-state index in [0.29, 0.717) is 0 Å². The summed E-state index contributed by atoms with van der Waals surface area (Å²) in [4.78, 5) is 0. The Morgan fingerprint density at radius 2 is 1.72 bits per heavy atom. The predicted octanol–water partition coefficient (Wildman–Crippen LogP) is 4.69. The minimum absolute atomic E-state index is 0.0278. The van der Waals surface area contributed by atoms with Crippen molar-refractivity contribution in [2.75, 3.05) is 0 Å². The lowest BCUT2D eigenvalue weighted by molar-refractivity contribution is 0.362. The van der Waals surface area contributed by atoms with Crippen LogP contribution in [0.3, 0.4) is 0 Å². The monoisotopic (exact) mass is 246 g/mol. The van der Waals surface area contributed by atoms with Gasteiger partial charge < -0.3 is 8.83 Å². The maximum atomic E-state index is 5.95. The zero-order valence-electron chi connectivity index (χ0n) is 11.9. The van der Waals surface area contributed by atoms with Gasteiger partial charge in [0.2, 0.25) is 0 Å². The second-order valence-electron chi connectivity index (χ2n) is 6.59. The molecule has 0 unspecified atom stereocenters. The van der Waals surface area contributed by atoms with Crippen molar-refractivity contribution in [2.24, 2.45) is 0 Å². The molecule has 0 aliphatic heterocycles. The van der Waals surface area contributed by atoms with Crippen molar-refractivity contribution in [2.45, 2.75) is 51.9 Å². The molecule has 0 saturated heterocycles. The summed E-state index contributed by atoms with van der Waals surface area (Å²) in [5.74, 6) is 2.08. The third kappa shape index (κ3) is 2.69. The SMILES string of the molecule is CC(C)(C)c1ccc(CC(C)(C)c2ccoc2)o1. The molecular weight excluding hydrogens is 224 g/mol. The first-order valence-electron chi connectivity index (χ1n) is 6.41. The van der Waals surface area contributed by atoms with Crippen molar-refractivity contribution in [3.8, 4) is 0 Å². The van der Waals surface area contributed by atoms with Gasteiger partial charge in [0.05, 0.1) is 12.5 Å². The molecule has 2 aromatic heterocycles. The van der Waals surface area contributed by atoms with E-state index >= 15 is 0 Å². The Kier molecular flexibility index (Phi) is 3.14. The molecule has 2 heteroatoms. The van der Waals surface area contributed by atoms with Gasteiger partial charge >= 0.3 is 0 Å². The van der Waals surface area contributed by atoms with Crippen LogP contribution in [0.15, 0.2) is 39.6 Å². The van der Waals surface area contributed by atoms with Gasteiger partial charge in [0.25, 0.3) is 0 Å². The smallest absolute Gasteiger partial charge is 0.109 e. The predicted molar refractivity (Wildman–Crippen MR) is 72.8 cm³/mol. The van der Waals surface area contributed by atoms with Gasteiger partial charge in [0.15, 0.2) is 0 Å². The summed E-state index contributed by atoms with van der Waals surface area (Å²) in [6.07, 6.45) is 4.41. The minimum Gasteiger partial charge on any atom is -0.472 e. The molecule has 2 heterocycles. The minimum atomic E-state index is 0.0278. The molecule has 0 amide bonds. The lowest BCUT2D eigenvalue weighted by atomic mass is 9.82. The second-order valence-corrected chi connectivity index (χ2v) is 6.59. The van der Waals surface area contributed by atoms with Crippen LogP contribution in [0.5, 0.6) is 0 Å². The highest BCUT2D eigenvalue weighted by atomic mass is 16.3. The summed E-state index contributed by atoms with van der Waals surface area (Å²) >= 11 is 0. The normalized spacial score (nSPS) is 12.9. The highest BCUT2D eigenvalue weighted by Crippen LogP contribution is 2.31. The first-order chi connectivity index (χ1) is 8.29. The average Bonchev–Trinajstić information content (AvgIpc) is 2.83. The quantitative estimate of drug-likeness (QED) is 0.785. The third-order valence-electron chi connectivity index (χ3n) is 3.32. The molecule has 0 aliphatic carbocycles. The average molecular weight is 246 g/mol. The van der Waals surface area contributed by atoms with Crippen molar-refractivity contribution in [3.05, 3.63) is 47.8 Å². The van der Waals surface area contributed by atoms with E-state index < -0.39 is 0 Å². The molecule has 2 nitrogen and oxygen atoms in total. The highest BCUT2D eigenvalue weighted by molar-refractivity contribution is 5.22. The lowest BCUT2D eigenvalue weighted by Crippen LogP contribution is -2.19. The van der Waals surface area contributed by atoms with Crippen molar-refractivity contribution in [1.82, 2.24) is 0 Å². The van der Waals surface area contributed by atoms with Crippen LogP contribution in [-0.2, 0) is 17.3 Å². The number of hydrogen-bond acceptors (Lipinski definition) is 2. The van der Waals surface area contributed by atoms with Crippen molar-refractivity contribution in [3.63, 3.8) is 0 Å². The van der Waals surface area contributed by atoms with Crippen LogP contribution >= 0.6 is 0 Å². The molecule has 0 radical (unpaired) electrons. The van der Waals surface area contributed by atoms with Crippen molar-refractivity contribution in [1.29, 1.82) is 0 Å². The Labute approximate surface area is 109 Å². The maximum absolute atomic E-state index is 5.95. The Balaban J connectivity index is 2.17. The number of rotatable bonds is 3. The molecule has 2 rings (SSSR count). The largest absolute Gasteiger partial charge is 0.472 e. The van der Waals surface area contributed by atoms with Gasteiger partial charge in [-0.05, 0) is 29.2 Å². The van der Waals surface area contributed by atoms with Crippen LogP contribution in [0, 0.1) is 0 Å². The van der Waals surface area contributed by atoms with E-state index in [1.54, 1.807) is 6.26 Å². The topological polar surface area (TPSA) is 26.3 Å². The van der Waals surface area contributed by atoms with Gasteiger partial charge in [-0.15, -0.1) is 0 Å². The standard InChI is InChI=1S/C16H22O2/c1-15(2,3)14-7-6-13(18-14)10-16(4,5)12-8-9-17-11-12/h6-9,11H,10H2,1-5H3. The fourth-order valence-electron chi connectivity index (χ4n) is 2.06. The van der Waals surface area contributed by atoms with Gasteiger partial charge in [0, 0.05) is 11.8 Å². The third-order valence-corrected chi connectivity index (χ3v) is 3.32. The van der Waals surface area contributed by atoms with E-state index in [-0.39, 0.29) is 10.8 Å². The first-order valence-corrected chi connectivity index (χ1v) is 6.41. The Bertz CT molecular complexity index is 495. The van der Waals surface area contributed by atoms with E-state index in [1.165, 1.54) is 5.56 Å². The van der Waals surface area contributed by atoms with Gasteiger partial charge in [-0.3, -0.25) is 0 Å². The number of hydrogen-bond donors (Lipinski definition) is 0. The maximum Gasteiger partial charge on any atom is 0.109 e. The van der Waals surface area contributed by atoms with Crippen molar-refractivity contribution < 1.29 is 8.83 Å². The molecule has 0 fully saturated rings. The summed E-state index contributed by atoms with van der Waals surface area (Å²) in [6, 6.07) is 6.19. The van der Waals surface area contributed by atoms with E-state index in [9.17, 15) is 0 Å². The molecule has 0 saturated carbocycles. The fraction of sp³-hybridized carbons (Fsp3) is 0.500. The van der Waals surface area contributed by atoms with Gasteiger partial charge in [-0.2, -0.15) is 0 Å². The fourth-order valence-corrected chi connectivity index (χ4v) is 2.06. The van der Waals surface area contributed by atoms with Gasteiger partial charge in [-0.1, -0.05) is 34.6 Å². The molecule has 98 valence electrons. The summed E-state index contributed by atoms with van der Waals surface area (Å²) in [6.45, 7) is 10.9. The van der Waals surface area contributed by atoms with Gasteiger partial charge in [0.1, 0.15) is 11.5 Å². The van der Waals surface area contributed by atoms with Crippen LogP contribution in [0.1, 0.15) is 51.7 Å². The highest BCUT2D eigenvalue weighted by Gasteiger charge is 2.25. The molecular formula is C16H22O2. The van der Waals surface area contributed by atoms with Crippen LogP contribution in [0.2, 0.25) is 0 Å². The van der Waals surface area contributed by atoms with E-state index in [2.05, 4.69) is 46.8 Å². The van der Waals surface area contributed by atoms with Crippen molar-refractivity contribution >= 4 is 0 Å². The lowest BCUT2D eigenvalue weighted by Gasteiger charge is -2.22. The van der Waals surface area contributed by atoms with Crippen LogP contribution in [0.25, 0.3) is 0 Å². The van der Waals surface area contributed by atoms with Gasteiger partial charge in [-0.25, -0.2) is 0 Å². The molecule has 0 aromatic carbocycles. The molecule has 0 atom stereocenters. The summed E-state index contributed by atoms with van der Waals surface area (Å²) in [5.41, 5.74) is 1.30. The van der Waals surface area contributed by atoms with Crippen LogP contribution in [0.4, 0.5) is 0 Å². The molecule has 0 N–H and O–H groups in total. The Morgan fingerprint density at radius 3 is 2.22 bits per heavy atom. The summed E-state index contributed by atoms with van der Waals surface area (Å²) < 4.78 is 11.1. The van der Waals surface area contributed by atoms with Crippen LogP contribution < -0.4 is 0 Å². The Hall–Kier alpha value is -1.44. The molecule has 2 aromatic rings. The summed E-state index contributed by atoms with van der Waals surface area (Å²) in [5, 5.41) is 0. The zero-order valence-corrected chi connectivity index (χ0v) is 11.9. The molecule has 0 bridgehead atoms. The van der Waals surface area contributed by atoms with E-state index in [4.69, 9.17) is 8.83 Å². The second kappa shape index (κ2) is 4.34. The molecule has 0 aliphatic rings. The zero-order chi connectivity index (χ0) is 13.4. The first kappa shape index (κ1) is 13.0.